The second-order valence-electron chi connectivity index (χ2n) is 7.22. The van der Waals surface area contributed by atoms with Crippen LogP contribution < -0.4 is 9.62 Å². The summed E-state index contributed by atoms with van der Waals surface area (Å²) in [5, 5.41) is 2.99. The molecule has 0 aliphatic rings. The van der Waals surface area contributed by atoms with Gasteiger partial charge >= 0.3 is 0 Å². The van der Waals surface area contributed by atoms with Gasteiger partial charge in [-0.2, -0.15) is 0 Å². The normalized spacial score (nSPS) is 12.5. The highest BCUT2D eigenvalue weighted by Crippen LogP contribution is 2.29. The van der Waals surface area contributed by atoms with Crippen LogP contribution in [0.25, 0.3) is 0 Å². The number of sulfonamides is 1. The fourth-order valence-electron chi connectivity index (χ4n) is 3.40. The molecule has 6 heteroatoms. The maximum Gasteiger partial charge on any atom is 0.248 e. The third-order valence-electron chi connectivity index (χ3n) is 4.92. The number of anilines is 2. The van der Waals surface area contributed by atoms with Gasteiger partial charge in [0.1, 0.15) is 6.04 Å². The van der Waals surface area contributed by atoms with Crippen LogP contribution in [0.1, 0.15) is 42.5 Å². The van der Waals surface area contributed by atoms with Crippen molar-refractivity contribution in [2.45, 2.75) is 53.5 Å². The van der Waals surface area contributed by atoms with E-state index in [1.807, 2.05) is 71.0 Å². The minimum atomic E-state index is -3.66. The Kier molecular flexibility index (Phi) is 6.88. The first kappa shape index (κ1) is 22.0. The van der Waals surface area contributed by atoms with Crippen LogP contribution in [-0.4, -0.2) is 26.6 Å². The molecule has 1 N–H and O–H groups in total. The zero-order valence-corrected chi connectivity index (χ0v) is 18.4. The van der Waals surface area contributed by atoms with Crippen molar-refractivity contribution in [3.63, 3.8) is 0 Å². The predicted molar refractivity (Wildman–Crippen MR) is 117 cm³/mol. The number of rotatable bonds is 7. The van der Waals surface area contributed by atoms with E-state index in [0.29, 0.717) is 12.1 Å². The number of hydrogen-bond acceptors (Lipinski definition) is 3. The summed E-state index contributed by atoms with van der Waals surface area (Å²) in [6, 6.07) is 10.7. The highest BCUT2D eigenvalue weighted by molar-refractivity contribution is 7.92. The molecule has 0 bridgehead atoms. The molecule has 0 spiro atoms. The molecule has 0 fully saturated rings. The van der Waals surface area contributed by atoms with Crippen molar-refractivity contribution in [3.05, 3.63) is 58.7 Å². The number of carbonyl (C=O) groups excluding carboxylic acids is 1. The molecule has 0 heterocycles. The first-order chi connectivity index (χ1) is 13.1. The van der Waals surface area contributed by atoms with E-state index < -0.39 is 16.1 Å². The molecule has 0 radical (unpaired) electrons. The van der Waals surface area contributed by atoms with E-state index in [0.717, 1.165) is 40.6 Å². The number of carbonyl (C=O) groups is 1. The maximum absolute atomic E-state index is 13.2. The van der Waals surface area contributed by atoms with Gasteiger partial charge in [-0.25, -0.2) is 8.42 Å². The summed E-state index contributed by atoms with van der Waals surface area (Å²) in [6.07, 6.45) is 2.29. The van der Waals surface area contributed by atoms with Crippen molar-refractivity contribution < 1.29 is 13.2 Å². The Labute approximate surface area is 168 Å². The fraction of sp³-hybridized carbons (Fsp3) is 0.409. The number of hydrogen-bond donors (Lipinski definition) is 1. The predicted octanol–water partition coefficient (Wildman–Crippen LogP) is 4.36. The summed E-state index contributed by atoms with van der Waals surface area (Å²) >= 11 is 0. The van der Waals surface area contributed by atoms with Gasteiger partial charge in [0.2, 0.25) is 15.9 Å². The molecule has 2 aromatic rings. The lowest BCUT2D eigenvalue weighted by Crippen LogP contribution is -2.47. The van der Waals surface area contributed by atoms with E-state index in [-0.39, 0.29) is 5.91 Å². The number of aryl methyl sites for hydroxylation is 4. The molecule has 0 saturated heterocycles. The third kappa shape index (κ3) is 4.73. The molecular formula is C22H30N2O3S. The van der Waals surface area contributed by atoms with Crippen LogP contribution in [0.5, 0.6) is 0 Å². The molecule has 152 valence electrons. The molecule has 0 unspecified atom stereocenters. The molecule has 0 saturated carbocycles. The SMILES string of the molecule is CCc1cccc(C)c1NC(=O)[C@H](CC)N(c1cc(C)ccc1C)S(C)(=O)=O. The lowest BCUT2D eigenvalue weighted by atomic mass is 10.0. The maximum atomic E-state index is 13.2. The number of nitrogens with one attached hydrogen (secondary N) is 1. The second-order valence-corrected chi connectivity index (χ2v) is 9.08. The van der Waals surface area contributed by atoms with Crippen LogP contribution in [0.3, 0.4) is 0 Å². The zero-order valence-electron chi connectivity index (χ0n) is 17.5. The second kappa shape index (κ2) is 8.78. The Morgan fingerprint density at radius 1 is 1.07 bits per heavy atom. The van der Waals surface area contributed by atoms with E-state index in [1.54, 1.807) is 0 Å². The van der Waals surface area contributed by atoms with Crippen LogP contribution in [0.15, 0.2) is 36.4 Å². The van der Waals surface area contributed by atoms with E-state index in [2.05, 4.69) is 5.32 Å². The summed E-state index contributed by atoms with van der Waals surface area (Å²) < 4.78 is 26.6. The van der Waals surface area contributed by atoms with Crippen LogP contribution in [-0.2, 0) is 21.2 Å². The summed E-state index contributed by atoms with van der Waals surface area (Å²) in [5.74, 6) is -0.321. The van der Waals surface area contributed by atoms with Crippen molar-refractivity contribution in [2.75, 3.05) is 15.9 Å². The van der Waals surface area contributed by atoms with Crippen molar-refractivity contribution in [1.82, 2.24) is 0 Å². The third-order valence-corrected chi connectivity index (χ3v) is 6.09. The van der Waals surface area contributed by atoms with Gasteiger partial charge in [0, 0.05) is 5.69 Å². The van der Waals surface area contributed by atoms with Gasteiger partial charge in [0.25, 0.3) is 0 Å². The van der Waals surface area contributed by atoms with E-state index in [1.165, 1.54) is 4.31 Å². The molecule has 0 aliphatic heterocycles. The molecule has 28 heavy (non-hydrogen) atoms. The smallest absolute Gasteiger partial charge is 0.248 e. The first-order valence-corrected chi connectivity index (χ1v) is 11.4. The molecule has 5 nitrogen and oxygen atoms in total. The van der Waals surface area contributed by atoms with Crippen molar-refractivity contribution in [1.29, 1.82) is 0 Å². The van der Waals surface area contributed by atoms with Crippen molar-refractivity contribution in [2.24, 2.45) is 0 Å². The number of para-hydroxylation sites is 1. The van der Waals surface area contributed by atoms with Crippen molar-refractivity contribution >= 4 is 27.3 Å². The van der Waals surface area contributed by atoms with Crippen LogP contribution in [0, 0.1) is 20.8 Å². The average molecular weight is 403 g/mol. The molecule has 0 aliphatic carbocycles. The average Bonchev–Trinajstić information content (AvgIpc) is 2.62. The molecule has 0 aromatic heterocycles. The molecule has 2 aromatic carbocycles. The van der Waals surface area contributed by atoms with Gasteiger partial charge in [-0.1, -0.05) is 44.2 Å². The van der Waals surface area contributed by atoms with Gasteiger partial charge < -0.3 is 5.32 Å². The highest BCUT2D eigenvalue weighted by Gasteiger charge is 2.32. The van der Waals surface area contributed by atoms with Gasteiger partial charge in [0.15, 0.2) is 0 Å². The number of amides is 1. The van der Waals surface area contributed by atoms with Gasteiger partial charge in [-0.05, 0) is 61.9 Å². The number of benzene rings is 2. The Morgan fingerprint density at radius 3 is 2.32 bits per heavy atom. The van der Waals surface area contributed by atoms with E-state index in [4.69, 9.17) is 0 Å². The quantitative estimate of drug-likeness (QED) is 0.748. The molecular weight excluding hydrogens is 372 g/mol. The van der Waals surface area contributed by atoms with Gasteiger partial charge in [-0.3, -0.25) is 9.10 Å². The monoisotopic (exact) mass is 402 g/mol. The Bertz CT molecular complexity index is 968. The zero-order chi connectivity index (χ0) is 21.1. The van der Waals surface area contributed by atoms with Crippen LogP contribution >= 0.6 is 0 Å². The summed E-state index contributed by atoms with van der Waals surface area (Å²) in [7, 11) is -3.66. The minimum Gasteiger partial charge on any atom is -0.324 e. The van der Waals surface area contributed by atoms with Gasteiger partial charge in [0.05, 0.1) is 11.9 Å². The molecule has 2 rings (SSSR count). The van der Waals surface area contributed by atoms with Gasteiger partial charge in [-0.15, -0.1) is 0 Å². The summed E-state index contributed by atoms with van der Waals surface area (Å²) in [6.45, 7) is 9.56. The van der Waals surface area contributed by atoms with Crippen LogP contribution in [0.4, 0.5) is 11.4 Å². The van der Waals surface area contributed by atoms with E-state index in [9.17, 15) is 13.2 Å². The lowest BCUT2D eigenvalue weighted by molar-refractivity contribution is -0.117. The minimum absolute atomic E-state index is 0.321. The Morgan fingerprint density at radius 2 is 1.75 bits per heavy atom. The topological polar surface area (TPSA) is 66.5 Å². The standard InChI is InChI=1S/C22H30N2O3S/c1-7-18-11-9-10-17(5)21(18)23-22(25)19(8-2)24(28(6,26)27)20-14-15(3)12-13-16(20)4/h9-14,19H,7-8H2,1-6H3,(H,23,25)/t19-/m0/s1. The first-order valence-electron chi connectivity index (χ1n) is 9.56. The van der Waals surface area contributed by atoms with E-state index >= 15 is 0 Å². The largest absolute Gasteiger partial charge is 0.324 e. The fourth-order valence-corrected chi connectivity index (χ4v) is 4.66. The van der Waals surface area contributed by atoms with Crippen LogP contribution in [0.2, 0.25) is 0 Å². The lowest BCUT2D eigenvalue weighted by Gasteiger charge is -2.31. The number of nitrogens with zero attached hydrogens (tertiary/aromatic N) is 1. The van der Waals surface area contributed by atoms with Crippen molar-refractivity contribution in [3.8, 4) is 0 Å². The Balaban J connectivity index is 2.50. The summed E-state index contributed by atoms with van der Waals surface area (Å²) in [4.78, 5) is 13.2. The Hall–Kier alpha value is -2.34. The highest BCUT2D eigenvalue weighted by atomic mass is 32.2. The summed E-state index contributed by atoms with van der Waals surface area (Å²) in [5.41, 5.74) is 5.05. The molecule has 1 atom stereocenters. The molecule has 1 amide bonds.